The Morgan fingerprint density at radius 1 is 0.778 bits per heavy atom. The summed E-state index contributed by atoms with van der Waals surface area (Å²) in [5.74, 6) is 1.86. The molecule has 2 atom stereocenters. The summed E-state index contributed by atoms with van der Waals surface area (Å²) in [4.78, 5) is 0. The summed E-state index contributed by atoms with van der Waals surface area (Å²) in [6, 6.07) is 1.38. The van der Waals surface area contributed by atoms with Gasteiger partial charge in [0, 0.05) is 12.1 Å². The summed E-state index contributed by atoms with van der Waals surface area (Å²) in [5.41, 5.74) is 0. The Hall–Kier alpha value is -0.0800. The first kappa shape index (κ1) is 16.0. The zero-order valence-corrected chi connectivity index (χ0v) is 13.0. The molecule has 0 aliphatic heterocycles. The van der Waals surface area contributed by atoms with Gasteiger partial charge in [0.25, 0.3) is 0 Å². The molecule has 1 fully saturated rings. The first-order valence-corrected chi connectivity index (χ1v) is 8.12. The van der Waals surface area contributed by atoms with Crippen molar-refractivity contribution in [2.45, 2.75) is 78.3 Å². The first-order valence-electron chi connectivity index (χ1n) is 8.12. The normalized spacial score (nSPS) is 28.0. The van der Waals surface area contributed by atoms with Crippen LogP contribution in [0.15, 0.2) is 0 Å². The number of hydrogen-bond acceptors (Lipinski definition) is 2. The molecule has 0 heterocycles. The smallest absolute Gasteiger partial charge is 0.00362 e. The van der Waals surface area contributed by atoms with Crippen molar-refractivity contribution in [3.8, 4) is 0 Å². The highest BCUT2D eigenvalue weighted by Crippen LogP contribution is 2.28. The Bertz CT molecular complexity index is 175. The van der Waals surface area contributed by atoms with Crippen LogP contribution in [0.2, 0.25) is 0 Å². The van der Waals surface area contributed by atoms with Crippen molar-refractivity contribution in [3.05, 3.63) is 0 Å². The summed E-state index contributed by atoms with van der Waals surface area (Å²) in [7, 11) is 0. The molecule has 0 aromatic rings. The first-order chi connectivity index (χ1) is 8.65. The number of nitrogens with one attached hydrogen (secondary N) is 2. The summed E-state index contributed by atoms with van der Waals surface area (Å²) in [6.07, 6.45) is 8.20. The molecule has 2 nitrogen and oxygen atoms in total. The average molecular weight is 254 g/mol. The quantitative estimate of drug-likeness (QED) is 0.692. The maximum atomic E-state index is 3.66. The molecule has 2 unspecified atom stereocenters. The molecule has 0 spiro atoms. The maximum absolute atomic E-state index is 3.66. The minimum absolute atomic E-state index is 0.690. The fourth-order valence-electron chi connectivity index (χ4n) is 2.66. The van der Waals surface area contributed by atoms with E-state index in [2.05, 4.69) is 38.3 Å². The van der Waals surface area contributed by atoms with Crippen LogP contribution in [0.4, 0.5) is 0 Å². The molecular formula is C16H34N2. The van der Waals surface area contributed by atoms with Crippen LogP contribution in [0.3, 0.4) is 0 Å². The molecule has 0 aromatic heterocycles. The lowest BCUT2D eigenvalue weighted by atomic mass is 9.81. The van der Waals surface area contributed by atoms with Crippen LogP contribution in [-0.2, 0) is 0 Å². The Labute approximate surface area is 114 Å². The van der Waals surface area contributed by atoms with E-state index in [1.807, 2.05) is 0 Å². The lowest BCUT2D eigenvalue weighted by molar-refractivity contribution is 0.251. The van der Waals surface area contributed by atoms with Gasteiger partial charge in [0.15, 0.2) is 0 Å². The van der Waals surface area contributed by atoms with Crippen molar-refractivity contribution in [1.82, 2.24) is 10.6 Å². The molecule has 18 heavy (non-hydrogen) atoms. The molecule has 0 radical (unpaired) electrons. The highest BCUT2D eigenvalue weighted by Gasteiger charge is 2.21. The van der Waals surface area contributed by atoms with E-state index in [1.165, 1.54) is 51.6 Å². The fourth-order valence-corrected chi connectivity index (χ4v) is 2.66. The SMILES string of the molecule is CCC(C)NCC1CCC(CNC(C)CC)CC1. The van der Waals surface area contributed by atoms with E-state index in [4.69, 9.17) is 0 Å². The molecule has 1 saturated carbocycles. The molecule has 2 heteroatoms. The van der Waals surface area contributed by atoms with Crippen molar-refractivity contribution >= 4 is 0 Å². The molecular weight excluding hydrogens is 220 g/mol. The number of hydrogen-bond donors (Lipinski definition) is 2. The average Bonchev–Trinajstić information content (AvgIpc) is 2.43. The van der Waals surface area contributed by atoms with Crippen LogP contribution in [0.5, 0.6) is 0 Å². The van der Waals surface area contributed by atoms with Gasteiger partial charge in [0.1, 0.15) is 0 Å². The molecule has 0 bridgehead atoms. The highest BCUT2D eigenvalue weighted by atomic mass is 14.9. The van der Waals surface area contributed by atoms with Gasteiger partial charge in [-0.15, -0.1) is 0 Å². The molecule has 0 aromatic carbocycles. The van der Waals surface area contributed by atoms with E-state index in [0.29, 0.717) is 12.1 Å². The molecule has 108 valence electrons. The van der Waals surface area contributed by atoms with Crippen molar-refractivity contribution in [2.75, 3.05) is 13.1 Å². The van der Waals surface area contributed by atoms with Crippen LogP contribution in [0.25, 0.3) is 0 Å². The van der Waals surface area contributed by atoms with Gasteiger partial charge < -0.3 is 10.6 Å². The van der Waals surface area contributed by atoms with E-state index in [-0.39, 0.29) is 0 Å². The summed E-state index contributed by atoms with van der Waals surface area (Å²) < 4.78 is 0. The third-order valence-electron chi connectivity index (χ3n) is 4.70. The second kappa shape index (κ2) is 8.92. The largest absolute Gasteiger partial charge is 0.314 e. The van der Waals surface area contributed by atoms with Crippen LogP contribution in [0.1, 0.15) is 66.2 Å². The number of rotatable bonds is 8. The second-order valence-corrected chi connectivity index (χ2v) is 6.32. The highest BCUT2D eigenvalue weighted by molar-refractivity contribution is 4.77. The van der Waals surface area contributed by atoms with Crippen LogP contribution in [0, 0.1) is 11.8 Å². The van der Waals surface area contributed by atoms with Crippen molar-refractivity contribution in [3.63, 3.8) is 0 Å². The Kier molecular flexibility index (Phi) is 7.92. The zero-order chi connectivity index (χ0) is 13.4. The topological polar surface area (TPSA) is 24.1 Å². The van der Waals surface area contributed by atoms with E-state index >= 15 is 0 Å². The van der Waals surface area contributed by atoms with Gasteiger partial charge in [0.05, 0.1) is 0 Å². The Balaban J connectivity index is 2.09. The molecule has 1 rings (SSSR count). The van der Waals surface area contributed by atoms with Crippen LogP contribution < -0.4 is 10.6 Å². The Morgan fingerprint density at radius 3 is 1.39 bits per heavy atom. The van der Waals surface area contributed by atoms with Crippen molar-refractivity contribution < 1.29 is 0 Å². The van der Waals surface area contributed by atoms with Crippen molar-refractivity contribution in [1.29, 1.82) is 0 Å². The minimum Gasteiger partial charge on any atom is -0.314 e. The second-order valence-electron chi connectivity index (χ2n) is 6.32. The molecule has 1 aliphatic rings. The van der Waals surface area contributed by atoms with Gasteiger partial charge in [0.2, 0.25) is 0 Å². The van der Waals surface area contributed by atoms with Gasteiger partial charge in [-0.05, 0) is 77.3 Å². The van der Waals surface area contributed by atoms with Gasteiger partial charge in [-0.1, -0.05) is 13.8 Å². The molecule has 0 amide bonds. The van der Waals surface area contributed by atoms with Gasteiger partial charge in [-0.3, -0.25) is 0 Å². The summed E-state index contributed by atoms with van der Waals surface area (Å²) in [6.45, 7) is 11.6. The van der Waals surface area contributed by atoms with Gasteiger partial charge >= 0.3 is 0 Å². The monoisotopic (exact) mass is 254 g/mol. The lowest BCUT2D eigenvalue weighted by Gasteiger charge is -2.30. The van der Waals surface area contributed by atoms with Crippen LogP contribution in [-0.4, -0.2) is 25.2 Å². The summed E-state index contributed by atoms with van der Waals surface area (Å²) in [5, 5.41) is 7.32. The van der Waals surface area contributed by atoms with Gasteiger partial charge in [-0.25, -0.2) is 0 Å². The Morgan fingerprint density at radius 2 is 1.11 bits per heavy atom. The molecule has 2 N–H and O–H groups in total. The molecule has 0 saturated heterocycles. The lowest BCUT2D eigenvalue weighted by Crippen LogP contribution is -2.35. The minimum atomic E-state index is 0.690. The van der Waals surface area contributed by atoms with Gasteiger partial charge in [-0.2, -0.15) is 0 Å². The summed E-state index contributed by atoms with van der Waals surface area (Å²) >= 11 is 0. The van der Waals surface area contributed by atoms with E-state index in [1.54, 1.807) is 0 Å². The predicted molar refractivity (Wildman–Crippen MR) is 81.0 cm³/mol. The van der Waals surface area contributed by atoms with E-state index in [9.17, 15) is 0 Å². The van der Waals surface area contributed by atoms with Crippen molar-refractivity contribution in [2.24, 2.45) is 11.8 Å². The van der Waals surface area contributed by atoms with E-state index < -0.39 is 0 Å². The molecule has 1 aliphatic carbocycles. The third kappa shape index (κ3) is 6.19. The zero-order valence-electron chi connectivity index (χ0n) is 13.0. The predicted octanol–water partition coefficient (Wildman–Crippen LogP) is 3.57. The van der Waals surface area contributed by atoms with E-state index in [0.717, 1.165) is 11.8 Å². The maximum Gasteiger partial charge on any atom is 0.00362 e. The third-order valence-corrected chi connectivity index (χ3v) is 4.70. The standard InChI is InChI=1S/C16H34N2/c1-5-13(3)17-11-15-7-9-16(10-8-15)12-18-14(4)6-2/h13-18H,5-12H2,1-4H3. The fraction of sp³-hybridized carbons (Fsp3) is 1.00. The van der Waals surface area contributed by atoms with Crippen LogP contribution >= 0.6 is 0 Å².